The first-order valence-corrected chi connectivity index (χ1v) is 15.1. The van der Waals surface area contributed by atoms with Gasteiger partial charge in [0.2, 0.25) is 0 Å². The van der Waals surface area contributed by atoms with Gasteiger partial charge in [-0.15, -0.1) is 0 Å². The van der Waals surface area contributed by atoms with Gasteiger partial charge in [-0.3, -0.25) is 0 Å². The molecule has 0 aliphatic heterocycles. The van der Waals surface area contributed by atoms with Gasteiger partial charge in [0, 0.05) is 0 Å². The summed E-state index contributed by atoms with van der Waals surface area (Å²) in [4.78, 5) is 0. The van der Waals surface area contributed by atoms with Crippen LogP contribution in [0, 0.1) is 0 Å². The van der Waals surface area contributed by atoms with Crippen molar-refractivity contribution in [2.75, 3.05) is 7.11 Å². The Labute approximate surface area is 122 Å². The number of methoxy groups -OCH3 is 1. The molecule has 0 atom stereocenters. The standard InChI is InChI=1S/C13H11N2O.ClH.Hg/c1-16-13-10-6-5-9-12(13)15-14-11-7-3-2-4-8-11;;/h2-7,9-10H,1H3;1H;/q;;+1/p-1. The molecule has 5 heteroatoms. The van der Waals surface area contributed by atoms with Crippen molar-refractivity contribution in [3.63, 3.8) is 0 Å². The number of azo groups is 1. The Morgan fingerprint density at radius 3 is 2.28 bits per heavy atom. The molecule has 0 aromatic heterocycles. The van der Waals surface area contributed by atoms with Crippen molar-refractivity contribution >= 4 is 22.7 Å². The number of rotatable bonds is 4. The van der Waals surface area contributed by atoms with Gasteiger partial charge >= 0.3 is 122 Å². The van der Waals surface area contributed by atoms with Gasteiger partial charge in [-0.1, -0.05) is 0 Å². The number of hydrogen-bond donors (Lipinski definition) is 0. The quantitative estimate of drug-likeness (QED) is 0.516. The van der Waals surface area contributed by atoms with Gasteiger partial charge in [-0.05, 0) is 0 Å². The Hall–Kier alpha value is -0.935. The number of para-hydroxylation sites is 1. The maximum atomic E-state index is 6.07. The molecule has 0 amide bonds. The molecule has 0 unspecified atom stereocenters. The van der Waals surface area contributed by atoms with E-state index in [2.05, 4.69) is 10.2 Å². The molecule has 0 aliphatic carbocycles. The second-order valence-electron chi connectivity index (χ2n) is 3.63. The second kappa shape index (κ2) is 6.85. The van der Waals surface area contributed by atoms with E-state index in [1.807, 2.05) is 48.5 Å². The first-order chi connectivity index (χ1) is 8.85. The Balaban J connectivity index is 2.30. The van der Waals surface area contributed by atoms with Crippen molar-refractivity contribution in [3.8, 4) is 5.75 Å². The van der Waals surface area contributed by atoms with Crippen molar-refractivity contribution in [2.24, 2.45) is 10.2 Å². The number of hydrogen-bond acceptors (Lipinski definition) is 3. The molecule has 0 aliphatic rings. The van der Waals surface area contributed by atoms with E-state index in [-0.39, 0.29) is 0 Å². The van der Waals surface area contributed by atoms with Gasteiger partial charge in [0.05, 0.1) is 0 Å². The fourth-order valence-electron chi connectivity index (χ4n) is 1.54. The van der Waals surface area contributed by atoms with Crippen molar-refractivity contribution in [2.45, 2.75) is 0 Å². The average molecular weight is 447 g/mol. The minimum atomic E-state index is -1.48. The molecule has 2 rings (SSSR count). The summed E-state index contributed by atoms with van der Waals surface area (Å²) in [6.07, 6.45) is 0. The van der Waals surface area contributed by atoms with E-state index in [0.717, 1.165) is 11.4 Å². The Kier molecular flexibility index (Phi) is 5.14. The number of halogens is 1. The summed E-state index contributed by atoms with van der Waals surface area (Å²) < 4.78 is 6.40. The SMILES string of the molecule is COc1ccccc1N=Nc1cccc[c]1[Hg][Cl]. The van der Waals surface area contributed by atoms with Crippen LogP contribution < -0.4 is 7.81 Å². The van der Waals surface area contributed by atoms with Crippen LogP contribution in [0.2, 0.25) is 0 Å². The van der Waals surface area contributed by atoms with Crippen molar-refractivity contribution in [1.82, 2.24) is 0 Å². The van der Waals surface area contributed by atoms with Crippen LogP contribution in [-0.4, -0.2) is 7.11 Å². The van der Waals surface area contributed by atoms with E-state index in [1.165, 1.54) is 3.07 Å². The summed E-state index contributed by atoms with van der Waals surface area (Å²) in [5.41, 5.74) is 1.60. The molecule has 3 nitrogen and oxygen atoms in total. The molecule has 0 N–H and O–H groups in total. The Morgan fingerprint density at radius 2 is 1.56 bits per heavy atom. The van der Waals surface area contributed by atoms with Crippen LogP contribution in [0.25, 0.3) is 0 Å². The number of benzene rings is 2. The second-order valence-corrected chi connectivity index (χ2v) is 9.98. The first-order valence-electron chi connectivity index (χ1n) is 5.54. The van der Waals surface area contributed by atoms with Crippen molar-refractivity contribution < 1.29 is 28.1 Å². The molecule has 0 bridgehead atoms. The van der Waals surface area contributed by atoms with E-state index >= 15 is 0 Å². The summed E-state index contributed by atoms with van der Waals surface area (Å²) >= 11 is -1.48. The molecule has 2 aromatic carbocycles. The van der Waals surface area contributed by atoms with E-state index in [1.54, 1.807) is 7.11 Å². The zero-order valence-electron chi connectivity index (χ0n) is 10.0. The summed E-state index contributed by atoms with van der Waals surface area (Å²) in [6.45, 7) is 0. The monoisotopic (exact) mass is 448 g/mol. The zero-order chi connectivity index (χ0) is 12.8. The number of ether oxygens (including phenoxy) is 1. The molecule has 0 saturated heterocycles. The Bertz CT molecular complexity index is 511. The van der Waals surface area contributed by atoms with Crippen molar-refractivity contribution in [3.05, 3.63) is 48.5 Å². The molecule has 0 spiro atoms. The fraction of sp³-hybridized carbons (Fsp3) is 0.0769. The van der Waals surface area contributed by atoms with Gasteiger partial charge in [0.1, 0.15) is 0 Å². The predicted octanol–water partition coefficient (Wildman–Crippen LogP) is 3.97. The van der Waals surface area contributed by atoms with Crippen molar-refractivity contribution in [1.29, 1.82) is 0 Å². The summed E-state index contributed by atoms with van der Waals surface area (Å²) in [6, 6.07) is 15.5. The first kappa shape index (κ1) is 13.5. The molecule has 18 heavy (non-hydrogen) atoms. The third kappa shape index (κ3) is 3.30. The molecule has 88 valence electrons. The van der Waals surface area contributed by atoms with Gasteiger partial charge in [-0.25, -0.2) is 0 Å². The summed E-state index contributed by atoms with van der Waals surface area (Å²) in [7, 11) is 7.69. The predicted molar refractivity (Wildman–Crippen MR) is 69.1 cm³/mol. The minimum absolute atomic E-state index is 0.717. The van der Waals surface area contributed by atoms with Crippen LogP contribution in [-0.2, 0) is 23.3 Å². The van der Waals surface area contributed by atoms with Crippen LogP contribution in [0.5, 0.6) is 5.75 Å². The molecule has 0 radical (unpaired) electrons. The van der Waals surface area contributed by atoms with E-state index in [9.17, 15) is 0 Å². The normalized spacial score (nSPS) is 10.3. The maximum absolute atomic E-state index is 6.07. The molecular formula is C13H11ClHgN2O. The molecular weight excluding hydrogens is 436 g/mol. The average Bonchev–Trinajstić information content (AvgIpc) is 2.45. The van der Waals surface area contributed by atoms with Gasteiger partial charge in [0.15, 0.2) is 0 Å². The van der Waals surface area contributed by atoms with Gasteiger partial charge in [0.25, 0.3) is 0 Å². The van der Waals surface area contributed by atoms with E-state index in [4.69, 9.17) is 13.0 Å². The summed E-state index contributed by atoms with van der Waals surface area (Å²) in [5.74, 6) is 0.717. The van der Waals surface area contributed by atoms with Crippen LogP contribution in [0.3, 0.4) is 0 Å². The third-order valence-corrected chi connectivity index (χ3v) is 8.46. The molecule has 0 heterocycles. The van der Waals surface area contributed by atoms with Crippen LogP contribution >= 0.6 is 8.25 Å². The van der Waals surface area contributed by atoms with E-state index in [0.29, 0.717) is 5.75 Å². The fourth-order valence-corrected chi connectivity index (χ4v) is 5.67. The van der Waals surface area contributed by atoms with Crippen LogP contribution in [0.4, 0.5) is 11.4 Å². The van der Waals surface area contributed by atoms with E-state index < -0.39 is 23.3 Å². The topological polar surface area (TPSA) is 34.0 Å². The van der Waals surface area contributed by atoms with Gasteiger partial charge in [-0.2, -0.15) is 0 Å². The zero-order valence-corrected chi connectivity index (χ0v) is 16.3. The van der Waals surface area contributed by atoms with Crippen LogP contribution in [0.1, 0.15) is 0 Å². The number of nitrogens with zero attached hydrogens (tertiary/aromatic N) is 2. The molecule has 0 saturated carbocycles. The van der Waals surface area contributed by atoms with Gasteiger partial charge < -0.3 is 0 Å². The third-order valence-electron chi connectivity index (χ3n) is 2.49. The molecule has 0 fully saturated rings. The Morgan fingerprint density at radius 1 is 0.944 bits per heavy atom. The molecule has 2 aromatic rings. The summed E-state index contributed by atoms with van der Waals surface area (Å²) in [5, 5.41) is 8.50. The van der Waals surface area contributed by atoms with Crippen LogP contribution in [0.15, 0.2) is 58.8 Å².